The summed E-state index contributed by atoms with van der Waals surface area (Å²) in [7, 11) is 1.95. The molecule has 6 nitrogen and oxygen atoms in total. The molecule has 0 radical (unpaired) electrons. The van der Waals surface area contributed by atoms with Crippen molar-refractivity contribution in [2.24, 2.45) is 13.0 Å². The highest BCUT2D eigenvalue weighted by atomic mass is 16.2. The van der Waals surface area contributed by atoms with Crippen LogP contribution in [0, 0.1) is 5.92 Å². The maximum Gasteiger partial charge on any atom is 0.227 e. The van der Waals surface area contributed by atoms with Crippen LogP contribution in [0.15, 0.2) is 0 Å². The molecule has 0 spiro atoms. The Labute approximate surface area is 137 Å². The number of nitrogens with zero attached hydrogens (tertiary/aromatic N) is 3. The molecule has 1 aromatic heterocycles. The minimum atomic E-state index is -0.0158. The van der Waals surface area contributed by atoms with Gasteiger partial charge in [0.15, 0.2) is 0 Å². The lowest BCUT2D eigenvalue weighted by atomic mass is 9.91. The molecule has 2 aliphatic rings. The van der Waals surface area contributed by atoms with Crippen LogP contribution < -0.4 is 5.32 Å². The van der Waals surface area contributed by atoms with Gasteiger partial charge in [-0.1, -0.05) is 13.8 Å². The third kappa shape index (κ3) is 2.75. The Balaban J connectivity index is 1.81. The van der Waals surface area contributed by atoms with E-state index in [0.29, 0.717) is 13.0 Å². The smallest absolute Gasteiger partial charge is 0.227 e. The Morgan fingerprint density at radius 2 is 2.13 bits per heavy atom. The number of rotatable bonds is 4. The number of amides is 2. The number of fused-ring (bicyclic) bond motifs is 1. The van der Waals surface area contributed by atoms with Gasteiger partial charge in [0, 0.05) is 31.4 Å². The van der Waals surface area contributed by atoms with Crippen LogP contribution in [0.5, 0.6) is 0 Å². The molecule has 6 heteroatoms. The Morgan fingerprint density at radius 3 is 2.83 bits per heavy atom. The highest BCUT2D eigenvalue weighted by Crippen LogP contribution is 2.28. The highest BCUT2D eigenvalue weighted by Gasteiger charge is 2.42. The first-order chi connectivity index (χ1) is 11.1. The molecular formula is C17H26N4O2. The quantitative estimate of drug-likeness (QED) is 0.894. The van der Waals surface area contributed by atoms with E-state index in [2.05, 4.69) is 24.3 Å². The van der Waals surface area contributed by atoms with Gasteiger partial charge in [-0.15, -0.1) is 0 Å². The minimum Gasteiger partial charge on any atom is -0.354 e. The molecule has 0 bridgehead atoms. The normalized spacial score (nSPS) is 23.8. The molecule has 0 aromatic carbocycles. The summed E-state index contributed by atoms with van der Waals surface area (Å²) in [5.74, 6) is 0.226. The van der Waals surface area contributed by atoms with Crippen molar-refractivity contribution in [1.29, 1.82) is 0 Å². The van der Waals surface area contributed by atoms with Crippen LogP contribution in [0.4, 0.5) is 0 Å². The van der Waals surface area contributed by atoms with E-state index >= 15 is 0 Å². The zero-order chi connectivity index (χ0) is 16.6. The maximum atomic E-state index is 12.9. The Kier molecular flexibility index (Phi) is 4.41. The third-order valence-corrected chi connectivity index (χ3v) is 5.28. The largest absolute Gasteiger partial charge is 0.354 e. The van der Waals surface area contributed by atoms with E-state index in [1.807, 2.05) is 16.6 Å². The van der Waals surface area contributed by atoms with Gasteiger partial charge in [0.05, 0.1) is 24.1 Å². The van der Waals surface area contributed by atoms with E-state index in [-0.39, 0.29) is 23.8 Å². The number of carbonyl (C=O) groups excluding carboxylic acids is 2. The van der Waals surface area contributed by atoms with E-state index in [1.165, 1.54) is 0 Å². The van der Waals surface area contributed by atoms with E-state index in [0.717, 1.165) is 49.2 Å². The molecule has 0 aliphatic carbocycles. The molecule has 126 valence electrons. The predicted molar refractivity (Wildman–Crippen MR) is 86.9 cm³/mol. The van der Waals surface area contributed by atoms with Crippen molar-refractivity contribution in [3.8, 4) is 0 Å². The number of aromatic nitrogens is 2. The molecule has 0 unspecified atom stereocenters. The lowest BCUT2D eigenvalue weighted by Crippen LogP contribution is -2.49. The second kappa shape index (κ2) is 6.34. The number of likely N-dealkylation sites (tertiary alicyclic amines) is 1. The molecule has 2 fully saturated rings. The fourth-order valence-electron chi connectivity index (χ4n) is 4.11. The SMILES string of the molecule is CCc1nn(C)c(CC)c1CC(=O)N1CCC[C@H]2C(=O)NC[C@H]21. The summed E-state index contributed by atoms with van der Waals surface area (Å²) in [5.41, 5.74) is 3.25. The van der Waals surface area contributed by atoms with Crippen LogP contribution in [0.2, 0.25) is 0 Å². The standard InChI is InChI=1S/C17H26N4O2/c1-4-13-12(14(5-2)20(3)19-13)9-16(22)21-8-6-7-11-15(21)10-18-17(11)23/h11,15H,4-10H2,1-3H3,(H,18,23)/t11-,15-/m1/s1. The minimum absolute atomic E-state index is 0.0158. The van der Waals surface area contributed by atoms with Gasteiger partial charge in [0.25, 0.3) is 0 Å². The number of carbonyl (C=O) groups is 2. The van der Waals surface area contributed by atoms with Crippen molar-refractivity contribution in [2.75, 3.05) is 13.1 Å². The summed E-state index contributed by atoms with van der Waals surface area (Å²) < 4.78 is 1.90. The van der Waals surface area contributed by atoms with Crippen LogP contribution in [0.1, 0.15) is 43.6 Å². The average Bonchev–Trinajstić information content (AvgIpc) is 3.07. The van der Waals surface area contributed by atoms with Crippen molar-refractivity contribution in [3.63, 3.8) is 0 Å². The Bertz CT molecular complexity index is 622. The summed E-state index contributed by atoms with van der Waals surface area (Å²) in [5, 5.41) is 7.47. The van der Waals surface area contributed by atoms with Crippen LogP contribution >= 0.6 is 0 Å². The molecule has 1 aromatic rings. The zero-order valence-electron chi connectivity index (χ0n) is 14.3. The molecule has 3 rings (SSSR count). The van der Waals surface area contributed by atoms with E-state index in [4.69, 9.17) is 0 Å². The molecule has 2 amide bonds. The Hall–Kier alpha value is -1.85. The number of hydrogen-bond donors (Lipinski definition) is 1. The fourth-order valence-corrected chi connectivity index (χ4v) is 4.11. The summed E-state index contributed by atoms with van der Waals surface area (Å²) in [6.45, 7) is 5.54. The van der Waals surface area contributed by atoms with Crippen LogP contribution in [0.3, 0.4) is 0 Å². The molecular weight excluding hydrogens is 292 g/mol. The monoisotopic (exact) mass is 318 g/mol. The number of hydrogen-bond acceptors (Lipinski definition) is 3. The second-order valence-electron chi connectivity index (χ2n) is 6.53. The number of nitrogens with one attached hydrogen (secondary N) is 1. The van der Waals surface area contributed by atoms with E-state index < -0.39 is 0 Å². The van der Waals surface area contributed by atoms with Gasteiger partial charge in [0.1, 0.15) is 0 Å². The first-order valence-corrected chi connectivity index (χ1v) is 8.67. The maximum absolute atomic E-state index is 12.9. The molecule has 2 saturated heterocycles. The molecule has 3 heterocycles. The van der Waals surface area contributed by atoms with Gasteiger partial charge in [-0.25, -0.2) is 0 Å². The zero-order valence-corrected chi connectivity index (χ0v) is 14.3. The van der Waals surface area contributed by atoms with Crippen molar-refractivity contribution >= 4 is 11.8 Å². The van der Waals surface area contributed by atoms with E-state index in [9.17, 15) is 9.59 Å². The summed E-state index contributed by atoms with van der Waals surface area (Å²) >= 11 is 0. The van der Waals surface area contributed by atoms with Gasteiger partial charge in [-0.2, -0.15) is 5.10 Å². The Morgan fingerprint density at radius 1 is 1.35 bits per heavy atom. The summed E-state index contributed by atoms with van der Waals surface area (Å²) in [6.07, 6.45) is 3.92. The number of piperidine rings is 1. The van der Waals surface area contributed by atoms with Crippen molar-refractivity contribution < 1.29 is 9.59 Å². The van der Waals surface area contributed by atoms with Gasteiger partial charge >= 0.3 is 0 Å². The van der Waals surface area contributed by atoms with E-state index in [1.54, 1.807) is 0 Å². The average molecular weight is 318 g/mol. The topological polar surface area (TPSA) is 67.2 Å². The predicted octanol–water partition coefficient (Wildman–Crippen LogP) is 0.824. The van der Waals surface area contributed by atoms with Crippen molar-refractivity contribution in [3.05, 3.63) is 17.0 Å². The first kappa shape index (κ1) is 16.0. The second-order valence-corrected chi connectivity index (χ2v) is 6.53. The molecule has 2 aliphatic heterocycles. The molecule has 23 heavy (non-hydrogen) atoms. The molecule has 1 N–H and O–H groups in total. The highest BCUT2D eigenvalue weighted by molar-refractivity contribution is 5.85. The van der Waals surface area contributed by atoms with Gasteiger partial charge < -0.3 is 10.2 Å². The molecule has 0 saturated carbocycles. The van der Waals surface area contributed by atoms with Gasteiger partial charge in [0.2, 0.25) is 11.8 Å². The summed E-state index contributed by atoms with van der Waals surface area (Å²) in [6, 6.07) is 0.0376. The van der Waals surface area contributed by atoms with Gasteiger partial charge in [-0.05, 0) is 25.7 Å². The number of aryl methyl sites for hydroxylation is 2. The van der Waals surface area contributed by atoms with Crippen molar-refractivity contribution in [1.82, 2.24) is 20.0 Å². The van der Waals surface area contributed by atoms with Crippen LogP contribution in [-0.4, -0.2) is 45.6 Å². The lowest BCUT2D eigenvalue weighted by Gasteiger charge is -2.36. The third-order valence-electron chi connectivity index (χ3n) is 5.28. The first-order valence-electron chi connectivity index (χ1n) is 8.67. The van der Waals surface area contributed by atoms with Crippen molar-refractivity contribution in [2.45, 2.75) is 52.0 Å². The van der Waals surface area contributed by atoms with Gasteiger partial charge in [-0.3, -0.25) is 14.3 Å². The fraction of sp³-hybridized carbons (Fsp3) is 0.706. The lowest BCUT2D eigenvalue weighted by molar-refractivity contribution is -0.136. The van der Waals surface area contributed by atoms with Crippen LogP contribution in [-0.2, 0) is 35.9 Å². The van der Waals surface area contributed by atoms with Crippen LogP contribution in [0.25, 0.3) is 0 Å². The molecule has 2 atom stereocenters. The summed E-state index contributed by atoms with van der Waals surface area (Å²) in [4.78, 5) is 26.7.